The zero-order valence-electron chi connectivity index (χ0n) is 17.5. The number of aryl methyl sites for hydroxylation is 1. The monoisotopic (exact) mass is 535 g/mol. The van der Waals surface area contributed by atoms with E-state index in [-0.39, 0.29) is 21.9 Å². The van der Waals surface area contributed by atoms with Gasteiger partial charge in [-0.25, -0.2) is 4.98 Å². The number of hydrogen-bond acceptors (Lipinski definition) is 7. The smallest absolute Gasteiger partial charge is 0.313 e. The van der Waals surface area contributed by atoms with Gasteiger partial charge in [0.15, 0.2) is 6.61 Å². The molecule has 1 heterocycles. The molecule has 0 unspecified atom stereocenters. The van der Waals surface area contributed by atoms with Gasteiger partial charge in [-0.05, 0) is 30.7 Å². The highest BCUT2D eigenvalue weighted by atomic mass is 79.9. The van der Waals surface area contributed by atoms with Gasteiger partial charge in [-0.1, -0.05) is 40.9 Å². The molecule has 2 N–H and O–H groups in total. The minimum Gasteiger partial charge on any atom is -0.476 e. The Bertz CT molecular complexity index is 1320. The molecule has 1 aromatic heterocycles. The van der Waals surface area contributed by atoms with Crippen LogP contribution >= 0.6 is 27.5 Å². The van der Waals surface area contributed by atoms with Crippen molar-refractivity contribution in [3.63, 3.8) is 0 Å². The van der Waals surface area contributed by atoms with Gasteiger partial charge in [0.05, 0.1) is 27.1 Å². The summed E-state index contributed by atoms with van der Waals surface area (Å²) in [5.74, 6) is -0.619. The van der Waals surface area contributed by atoms with Gasteiger partial charge >= 0.3 is 5.69 Å². The third kappa shape index (κ3) is 5.74. The molecule has 0 aliphatic carbocycles. The molecule has 1 amide bonds. The summed E-state index contributed by atoms with van der Waals surface area (Å²) in [7, 11) is 0. The summed E-state index contributed by atoms with van der Waals surface area (Å²) in [5.41, 5.74) is 5.00. The summed E-state index contributed by atoms with van der Waals surface area (Å²) >= 11 is 9.49. The number of carbonyl (C=O) groups excluding carboxylic acids is 1. The molecular formula is C21H19BrClN5O5. The van der Waals surface area contributed by atoms with Crippen molar-refractivity contribution in [3.8, 4) is 5.75 Å². The lowest BCUT2D eigenvalue weighted by molar-refractivity contribution is -0.385. The number of nitrogens with two attached hydrogens (primary N) is 1. The van der Waals surface area contributed by atoms with Crippen molar-refractivity contribution >= 4 is 56.2 Å². The summed E-state index contributed by atoms with van der Waals surface area (Å²) in [6.07, 6.45) is 3.49. The molecule has 0 saturated carbocycles. The third-order valence-electron chi connectivity index (χ3n) is 4.55. The first-order valence-electron chi connectivity index (χ1n) is 9.85. The number of nitro benzene ring substituents is 1. The lowest BCUT2D eigenvalue weighted by Crippen LogP contribution is -2.22. The zero-order chi connectivity index (χ0) is 24.1. The van der Waals surface area contributed by atoms with E-state index in [1.54, 1.807) is 18.2 Å². The minimum atomic E-state index is -0.805. The van der Waals surface area contributed by atoms with E-state index in [1.807, 2.05) is 6.92 Å². The first-order chi connectivity index (χ1) is 15.7. The molecule has 0 radical (unpaired) electrons. The van der Waals surface area contributed by atoms with Crippen LogP contribution in [0.15, 0.2) is 44.7 Å². The Kier molecular flexibility index (Phi) is 7.77. The topological polar surface area (TPSA) is 143 Å². The molecule has 3 aromatic rings. The number of ether oxygens (including phenoxy) is 1. The molecule has 0 spiro atoms. The number of hydrogen-bond donors (Lipinski definition) is 1. The number of fused-ring (bicyclic) bond motifs is 1. The van der Waals surface area contributed by atoms with Crippen molar-refractivity contribution in [1.29, 1.82) is 0 Å². The second kappa shape index (κ2) is 10.5. The van der Waals surface area contributed by atoms with Crippen LogP contribution in [-0.2, 0) is 11.2 Å². The number of nitro groups is 1. The van der Waals surface area contributed by atoms with Crippen LogP contribution in [0.5, 0.6) is 5.75 Å². The van der Waals surface area contributed by atoms with Crippen LogP contribution in [0.1, 0.15) is 31.2 Å². The van der Waals surface area contributed by atoms with Gasteiger partial charge in [0.1, 0.15) is 5.82 Å². The molecule has 0 saturated heterocycles. The first kappa shape index (κ1) is 24.3. The van der Waals surface area contributed by atoms with E-state index in [0.717, 1.165) is 17.3 Å². The van der Waals surface area contributed by atoms with Crippen molar-refractivity contribution in [2.75, 3.05) is 6.61 Å². The second-order valence-corrected chi connectivity index (χ2v) is 8.34. The highest BCUT2D eigenvalue weighted by Crippen LogP contribution is 2.35. The maximum atomic E-state index is 13.1. The number of nitrogens with zero attached hydrogens (tertiary/aromatic N) is 4. The van der Waals surface area contributed by atoms with E-state index in [2.05, 4.69) is 26.0 Å². The second-order valence-electron chi connectivity index (χ2n) is 7.02. The molecule has 0 aliphatic heterocycles. The van der Waals surface area contributed by atoms with E-state index in [4.69, 9.17) is 22.1 Å². The standard InChI is InChI=1S/C21H19BrClN5O5/c1-2-3-4-19-26-16-6-5-13(22)9-14(16)21(30)27(19)25-10-12-7-15(23)20(33-11-18(24)29)17(8-12)28(31)32/h5-10H,2-4,11H2,1H3,(H2,24,29). The molecule has 0 bridgehead atoms. The van der Waals surface area contributed by atoms with Crippen LogP contribution in [0, 0.1) is 10.1 Å². The van der Waals surface area contributed by atoms with Crippen molar-refractivity contribution in [1.82, 2.24) is 9.66 Å². The molecule has 2 aromatic carbocycles. The fraction of sp³-hybridized carbons (Fsp3) is 0.238. The van der Waals surface area contributed by atoms with E-state index in [0.29, 0.717) is 23.1 Å². The number of rotatable bonds is 9. The van der Waals surface area contributed by atoms with Crippen LogP contribution in [0.4, 0.5) is 5.69 Å². The largest absolute Gasteiger partial charge is 0.476 e. The molecule has 0 aliphatic rings. The van der Waals surface area contributed by atoms with E-state index < -0.39 is 23.1 Å². The van der Waals surface area contributed by atoms with Gasteiger partial charge in [0.2, 0.25) is 5.75 Å². The van der Waals surface area contributed by atoms with Gasteiger partial charge in [0, 0.05) is 22.5 Å². The Labute approximate surface area is 201 Å². The maximum absolute atomic E-state index is 13.1. The maximum Gasteiger partial charge on any atom is 0.313 e. The van der Waals surface area contributed by atoms with Gasteiger partial charge in [-0.15, -0.1) is 0 Å². The number of aromatic nitrogens is 2. The number of carbonyl (C=O) groups is 1. The summed E-state index contributed by atoms with van der Waals surface area (Å²) < 4.78 is 6.99. The number of amides is 1. The fourth-order valence-electron chi connectivity index (χ4n) is 3.03. The number of benzene rings is 2. The number of halogens is 2. The Morgan fingerprint density at radius 3 is 2.82 bits per heavy atom. The SMILES string of the molecule is CCCCc1nc2ccc(Br)cc2c(=O)n1N=Cc1cc(Cl)c(OCC(N)=O)c([N+](=O)[O-])c1. The quantitative estimate of drug-likeness (QED) is 0.250. The van der Waals surface area contributed by atoms with Gasteiger partial charge in [-0.2, -0.15) is 9.78 Å². The van der Waals surface area contributed by atoms with Crippen LogP contribution in [0.25, 0.3) is 10.9 Å². The first-order valence-corrected chi connectivity index (χ1v) is 11.0. The Morgan fingerprint density at radius 1 is 1.39 bits per heavy atom. The van der Waals surface area contributed by atoms with Gasteiger partial charge < -0.3 is 10.5 Å². The third-order valence-corrected chi connectivity index (χ3v) is 5.33. The van der Waals surface area contributed by atoms with Crippen LogP contribution in [-0.4, -0.2) is 33.3 Å². The van der Waals surface area contributed by atoms with E-state index in [1.165, 1.54) is 23.0 Å². The Hall–Kier alpha value is -3.31. The minimum absolute atomic E-state index is 0.106. The van der Waals surface area contributed by atoms with E-state index in [9.17, 15) is 19.7 Å². The lowest BCUT2D eigenvalue weighted by Gasteiger charge is -2.10. The zero-order valence-corrected chi connectivity index (χ0v) is 19.8. The van der Waals surface area contributed by atoms with Crippen LogP contribution < -0.4 is 16.0 Å². The summed E-state index contributed by atoms with van der Waals surface area (Å²) in [4.78, 5) is 39.4. The highest BCUT2D eigenvalue weighted by Gasteiger charge is 2.21. The van der Waals surface area contributed by atoms with Crippen molar-refractivity contribution in [2.24, 2.45) is 10.8 Å². The van der Waals surface area contributed by atoms with Crippen LogP contribution in [0.2, 0.25) is 5.02 Å². The predicted octanol–water partition coefficient (Wildman–Crippen LogP) is 3.81. The number of primary amides is 1. The van der Waals surface area contributed by atoms with Crippen molar-refractivity contribution < 1.29 is 14.5 Å². The average Bonchev–Trinajstić information content (AvgIpc) is 2.76. The van der Waals surface area contributed by atoms with Crippen molar-refractivity contribution in [2.45, 2.75) is 26.2 Å². The van der Waals surface area contributed by atoms with E-state index >= 15 is 0 Å². The Morgan fingerprint density at radius 2 is 2.15 bits per heavy atom. The average molecular weight is 537 g/mol. The molecular weight excluding hydrogens is 518 g/mol. The normalized spacial score (nSPS) is 11.2. The molecule has 0 fully saturated rings. The predicted molar refractivity (Wildman–Crippen MR) is 128 cm³/mol. The van der Waals surface area contributed by atoms with Crippen molar-refractivity contribution in [3.05, 3.63) is 71.7 Å². The molecule has 12 heteroatoms. The molecule has 33 heavy (non-hydrogen) atoms. The molecule has 0 atom stereocenters. The Balaban J connectivity index is 2.09. The van der Waals surface area contributed by atoms with Crippen LogP contribution in [0.3, 0.4) is 0 Å². The molecule has 3 rings (SSSR count). The summed E-state index contributed by atoms with van der Waals surface area (Å²) in [6, 6.07) is 7.75. The van der Waals surface area contributed by atoms with Gasteiger partial charge in [0.25, 0.3) is 11.5 Å². The number of unbranched alkanes of at least 4 members (excludes halogenated alkanes) is 1. The molecule has 10 nitrogen and oxygen atoms in total. The van der Waals surface area contributed by atoms with Gasteiger partial charge in [-0.3, -0.25) is 19.7 Å². The fourth-order valence-corrected chi connectivity index (χ4v) is 3.67. The summed E-state index contributed by atoms with van der Waals surface area (Å²) in [5, 5.41) is 16.0. The highest BCUT2D eigenvalue weighted by molar-refractivity contribution is 9.10. The summed E-state index contributed by atoms with van der Waals surface area (Å²) in [6.45, 7) is 1.45. The lowest BCUT2D eigenvalue weighted by atomic mass is 10.2. The molecule has 172 valence electrons.